The summed E-state index contributed by atoms with van der Waals surface area (Å²) in [5.74, 6) is -0.217. The summed E-state index contributed by atoms with van der Waals surface area (Å²) in [5.41, 5.74) is 0. The van der Waals surface area contributed by atoms with E-state index in [0.717, 1.165) is 83.5 Å². The fourth-order valence-corrected chi connectivity index (χ4v) is 8.79. The van der Waals surface area contributed by atoms with Gasteiger partial charge in [0, 0.05) is 6.42 Å². The summed E-state index contributed by atoms with van der Waals surface area (Å²) in [6, 6.07) is -0.918. The molecule has 3 unspecified atom stereocenters. The molecule has 73 heavy (non-hydrogen) atoms. The standard InChI is InChI=1S/C64H113N2O6P/c1-6-8-10-12-14-16-18-20-22-24-26-28-29-30-31-32-33-34-35-36-37-38-40-42-44-46-48-50-52-54-56-58-64(68)65-62(61-72-73(69,70)71-60-59-66(3,4)5)63(67)57-55-53-51-49-47-45-43-41-39-27-25-23-21-19-17-15-13-11-9-7-2/h8,10,14,16,20,22,26,28,30-31,33-34,39,41,47,49,55,57,62-63,67H,6-7,9,11-13,15,17-19,21,23-25,27,29,32,35-38,40,42-46,48,50-54,56,58-61H2,1-5H3,(H-,65,68,69,70)/b10-8-,16-14-,22-20-,28-26-,31-30-,34-33-,41-39+,49-47+,57-55+. The van der Waals surface area contributed by atoms with Crippen LogP contribution in [0, 0.1) is 0 Å². The highest BCUT2D eigenvalue weighted by atomic mass is 31.2. The van der Waals surface area contributed by atoms with Gasteiger partial charge in [0.05, 0.1) is 39.9 Å². The second-order valence-corrected chi connectivity index (χ2v) is 22.4. The van der Waals surface area contributed by atoms with E-state index >= 15 is 0 Å². The summed E-state index contributed by atoms with van der Waals surface area (Å²) in [5, 5.41) is 13.9. The molecule has 2 N–H and O–H groups in total. The molecule has 0 aromatic rings. The molecular weight excluding hydrogens is 924 g/mol. The molecule has 0 rings (SSSR count). The molecule has 0 fully saturated rings. The van der Waals surface area contributed by atoms with E-state index in [4.69, 9.17) is 9.05 Å². The molecule has 1 amide bonds. The van der Waals surface area contributed by atoms with Crippen molar-refractivity contribution in [1.82, 2.24) is 5.32 Å². The van der Waals surface area contributed by atoms with Crippen molar-refractivity contribution in [3.63, 3.8) is 0 Å². The average Bonchev–Trinajstić information content (AvgIpc) is 3.35. The zero-order valence-corrected chi connectivity index (χ0v) is 48.7. The zero-order chi connectivity index (χ0) is 53.5. The van der Waals surface area contributed by atoms with Crippen molar-refractivity contribution in [3.05, 3.63) is 109 Å². The summed E-state index contributed by atoms with van der Waals surface area (Å²) in [4.78, 5) is 25.5. The monoisotopic (exact) mass is 1040 g/mol. The Kier molecular flexibility index (Phi) is 51.9. The predicted molar refractivity (Wildman–Crippen MR) is 316 cm³/mol. The number of aliphatic hydroxyl groups is 1. The number of likely N-dealkylation sites (N-methyl/N-ethyl adjacent to an activating group) is 1. The van der Waals surface area contributed by atoms with Crippen molar-refractivity contribution in [2.75, 3.05) is 40.9 Å². The van der Waals surface area contributed by atoms with E-state index in [1.54, 1.807) is 6.08 Å². The Bertz CT molecular complexity index is 1550. The van der Waals surface area contributed by atoms with E-state index in [-0.39, 0.29) is 12.5 Å². The number of unbranched alkanes of at least 4 members (excludes halogenated alkanes) is 24. The first-order valence-electron chi connectivity index (χ1n) is 29.7. The van der Waals surface area contributed by atoms with E-state index in [1.165, 1.54) is 135 Å². The van der Waals surface area contributed by atoms with Gasteiger partial charge in [0.15, 0.2) is 0 Å². The zero-order valence-electron chi connectivity index (χ0n) is 47.8. The van der Waals surface area contributed by atoms with Crippen LogP contribution >= 0.6 is 7.82 Å². The van der Waals surface area contributed by atoms with Crippen molar-refractivity contribution in [2.45, 2.75) is 251 Å². The SMILES string of the molecule is CC/C=C\C/C=C\C/C=C\C/C=C\C/C=C\C/C=C\CCCCCCCCCCCCCCC(=O)NC(COP(=O)([O-])OCC[N+](C)(C)C)C(O)/C=C/CC/C=C/CC/C=C/CCCCCCCCCCCC. The Morgan fingerprint density at radius 1 is 0.493 bits per heavy atom. The highest BCUT2D eigenvalue weighted by molar-refractivity contribution is 7.45. The first-order valence-corrected chi connectivity index (χ1v) is 31.2. The Balaban J connectivity index is 4.24. The van der Waals surface area contributed by atoms with Gasteiger partial charge in [-0.2, -0.15) is 0 Å². The number of aliphatic hydroxyl groups excluding tert-OH is 1. The van der Waals surface area contributed by atoms with Crippen LogP contribution in [0.25, 0.3) is 0 Å². The number of hydrogen-bond donors (Lipinski definition) is 2. The van der Waals surface area contributed by atoms with Gasteiger partial charge in [-0.15, -0.1) is 0 Å². The van der Waals surface area contributed by atoms with E-state index in [9.17, 15) is 19.4 Å². The van der Waals surface area contributed by atoms with Gasteiger partial charge in [0.25, 0.3) is 7.82 Å². The minimum atomic E-state index is -4.62. The molecule has 0 spiro atoms. The maximum absolute atomic E-state index is 13.0. The molecule has 0 saturated heterocycles. The lowest BCUT2D eigenvalue weighted by atomic mass is 10.0. The molecule has 0 aliphatic rings. The lowest BCUT2D eigenvalue weighted by molar-refractivity contribution is -0.870. The van der Waals surface area contributed by atoms with Gasteiger partial charge in [-0.25, -0.2) is 0 Å². The maximum atomic E-state index is 13.0. The molecule has 0 saturated carbocycles. The molecule has 0 aliphatic carbocycles. The van der Waals surface area contributed by atoms with Crippen LogP contribution < -0.4 is 10.2 Å². The fraction of sp³-hybridized carbons (Fsp3) is 0.703. The lowest BCUT2D eigenvalue weighted by Gasteiger charge is -2.29. The number of allylic oxidation sites excluding steroid dienone is 17. The van der Waals surface area contributed by atoms with Crippen LogP contribution in [0.1, 0.15) is 239 Å². The third-order valence-corrected chi connectivity index (χ3v) is 13.7. The molecule has 8 nitrogen and oxygen atoms in total. The molecule has 3 atom stereocenters. The van der Waals surface area contributed by atoms with Crippen molar-refractivity contribution in [1.29, 1.82) is 0 Å². The molecular formula is C64H113N2O6P. The number of phosphoric acid groups is 1. The predicted octanol–water partition coefficient (Wildman–Crippen LogP) is 17.7. The van der Waals surface area contributed by atoms with Gasteiger partial charge in [-0.3, -0.25) is 9.36 Å². The van der Waals surface area contributed by atoms with Crippen LogP contribution in [0.15, 0.2) is 109 Å². The van der Waals surface area contributed by atoms with Crippen LogP contribution in [-0.4, -0.2) is 68.5 Å². The third-order valence-electron chi connectivity index (χ3n) is 12.7. The minimum Gasteiger partial charge on any atom is -0.756 e. The number of carbonyl (C=O) groups excluding carboxylic acids is 1. The van der Waals surface area contributed by atoms with Crippen LogP contribution in [0.5, 0.6) is 0 Å². The number of quaternary nitrogens is 1. The van der Waals surface area contributed by atoms with Crippen LogP contribution in [0.2, 0.25) is 0 Å². The van der Waals surface area contributed by atoms with Crippen molar-refractivity contribution < 1.29 is 32.9 Å². The normalized spacial score (nSPS) is 14.7. The summed E-state index contributed by atoms with van der Waals surface area (Å²) in [6.45, 7) is 4.50. The smallest absolute Gasteiger partial charge is 0.268 e. The molecule has 9 heteroatoms. The second-order valence-electron chi connectivity index (χ2n) is 20.9. The second kappa shape index (κ2) is 54.0. The lowest BCUT2D eigenvalue weighted by Crippen LogP contribution is -2.45. The topological polar surface area (TPSA) is 108 Å². The van der Waals surface area contributed by atoms with Crippen LogP contribution in [-0.2, 0) is 18.4 Å². The first kappa shape index (κ1) is 70.2. The minimum absolute atomic E-state index is 0.0141. The number of hydrogen-bond acceptors (Lipinski definition) is 6. The van der Waals surface area contributed by atoms with Crippen molar-refractivity contribution in [2.24, 2.45) is 0 Å². The van der Waals surface area contributed by atoms with Gasteiger partial charge < -0.3 is 28.8 Å². The molecule has 0 aromatic carbocycles. The molecule has 0 radical (unpaired) electrons. The number of phosphoric ester groups is 1. The van der Waals surface area contributed by atoms with E-state index in [1.807, 2.05) is 27.2 Å². The summed E-state index contributed by atoms with van der Waals surface area (Å²) in [7, 11) is 1.22. The molecule has 0 aliphatic heterocycles. The first-order chi connectivity index (χ1) is 35.5. The Morgan fingerprint density at radius 2 is 0.849 bits per heavy atom. The summed E-state index contributed by atoms with van der Waals surface area (Å²) >= 11 is 0. The number of carbonyl (C=O) groups is 1. The quantitative estimate of drug-likeness (QED) is 0.0272. The highest BCUT2D eigenvalue weighted by Gasteiger charge is 2.23. The average molecular weight is 1040 g/mol. The number of nitrogens with zero attached hydrogens (tertiary/aromatic N) is 1. The van der Waals surface area contributed by atoms with Gasteiger partial charge in [0.2, 0.25) is 5.91 Å². The summed E-state index contributed by atoms with van der Waals surface area (Å²) in [6.07, 6.45) is 78.8. The number of nitrogens with one attached hydrogen (secondary N) is 1. The Hall–Kier alpha value is -2.84. The van der Waals surface area contributed by atoms with Crippen LogP contribution in [0.3, 0.4) is 0 Å². The van der Waals surface area contributed by atoms with Crippen molar-refractivity contribution in [3.8, 4) is 0 Å². The third kappa shape index (κ3) is 56.7. The van der Waals surface area contributed by atoms with Gasteiger partial charge in [-0.05, 0) is 96.3 Å². The van der Waals surface area contributed by atoms with Gasteiger partial charge in [-0.1, -0.05) is 245 Å². The molecule has 0 heterocycles. The fourth-order valence-electron chi connectivity index (χ4n) is 8.07. The van der Waals surface area contributed by atoms with Crippen LogP contribution in [0.4, 0.5) is 0 Å². The number of amides is 1. The van der Waals surface area contributed by atoms with E-state index in [2.05, 4.69) is 116 Å². The molecule has 0 bridgehead atoms. The maximum Gasteiger partial charge on any atom is 0.268 e. The Labute approximate surface area is 451 Å². The molecule has 420 valence electrons. The number of rotatable bonds is 53. The Morgan fingerprint density at radius 3 is 1.27 bits per heavy atom. The largest absolute Gasteiger partial charge is 0.756 e. The van der Waals surface area contributed by atoms with E-state index in [0.29, 0.717) is 17.4 Å². The summed E-state index contributed by atoms with van der Waals surface area (Å²) < 4.78 is 23.3. The highest BCUT2D eigenvalue weighted by Crippen LogP contribution is 2.38. The van der Waals surface area contributed by atoms with E-state index < -0.39 is 26.6 Å². The van der Waals surface area contributed by atoms with Crippen molar-refractivity contribution >= 4 is 13.7 Å². The molecule has 0 aromatic heterocycles. The van der Waals surface area contributed by atoms with Gasteiger partial charge >= 0.3 is 0 Å². The van der Waals surface area contributed by atoms with Gasteiger partial charge in [0.1, 0.15) is 13.2 Å².